The normalized spacial score (nSPS) is 19.7. The molecule has 0 bridgehead atoms. The van der Waals surface area contributed by atoms with Gasteiger partial charge in [-0.1, -0.05) is 22.9 Å². The number of aliphatic carboxylic acids is 1. The summed E-state index contributed by atoms with van der Waals surface area (Å²) < 4.78 is 6.19. The van der Waals surface area contributed by atoms with Crippen LogP contribution >= 0.6 is 15.9 Å². The van der Waals surface area contributed by atoms with Crippen LogP contribution in [0.25, 0.3) is 0 Å². The van der Waals surface area contributed by atoms with Gasteiger partial charge in [0, 0.05) is 22.1 Å². The molecule has 0 spiro atoms. The molecule has 1 aromatic rings. The Balaban J connectivity index is 1.83. The summed E-state index contributed by atoms with van der Waals surface area (Å²) in [5, 5.41) is 11.9. The summed E-state index contributed by atoms with van der Waals surface area (Å²) in [5.74, 6) is -0.166. The number of halogens is 1. The van der Waals surface area contributed by atoms with Crippen molar-refractivity contribution in [3.8, 4) is 5.75 Å². The van der Waals surface area contributed by atoms with E-state index in [4.69, 9.17) is 9.84 Å². The van der Waals surface area contributed by atoms with Crippen LogP contribution in [0.1, 0.15) is 25.3 Å². The van der Waals surface area contributed by atoms with Crippen molar-refractivity contribution in [3.63, 3.8) is 0 Å². The fourth-order valence-electron chi connectivity index (χ4n) is 3.01. The van der Waals surface area contributed by atoms with Gasteiger partial charge in [0.2, 0.25) is 5.91 Å². The van der Waals surface area contributed by atoms with Crippen LogP contribution in [0.3, 0.4) is 0 Å². The largest absolute Gasteiger partial charge is 0.496 e. The minimum absolute atomic E-state index is 0.0452. The number of nitrogens with zero attached hydrogens (tertiary/aromatic N) is 1. The molecule has 132 valence electrons. The molecule has 1 aliphatic rings. The summed E-state index contributed by atoms with van der Waals surface area (Å²) in [6.07, 6.45) is 1.85. The second kappa shape index (κ2) is 8.48. The summed E-state index contributed by atoms with van der Waals surface area (Å²) in [4.78, 5) is 25.0. The number of carboxylic acids is 1. The molecule has 0 radical (unpaired) electrons. The van der Waals surface area contributed by atoms with Crippen molar-refractivity contribution in [2.45, 2.75) is 38.3 Å². The molecule has 1 fully saturated rings. The first-order chi connectivity index (χ1) is 11.4. The molecular weight excluding hydrogens is 376 g/mol. The van der Waals surface area contributed by atoms with E-state index >= 15 is 0 Å². The average Bonchev–Trinajstić information content (AvgIpc) is 2.48. The Morgan fingerprint density at radius 2 is 2.12 bits per heavy atom. The third-order valence-corrected chi connectivity index (χ3v) is 4.83. The molecule has 2 rings (SSSR count). The smallest absolute Gasteiger partial charge is 0.317 e. The van der Waals surface area contributed by atoms with Gasteiger partial charge in [-0.05, 0) is 37.6 Å². The van der Waals surface area contributed by atoms with E-state index in [-0.39, 0.29) is 31.0 Å². The van der Waals surface area contributed by atoms with Gasteiger partial charge < -0.3 is 15.2 Å². The van der Waals surface area contributed by atoms with Crippen molar-refractivity contribution in [3.05, 3.63) is 28.2 Å². The highest BCUT2D eigenvalue weighted by molar-refractivity contribution is 9.10. The van der Waals surface area contributed by atoms with Gasteiger partial charge in [0.1, 0.15) is 5.75 Å². The van der Waals surface area contributed by atoms with Crippen LogP contribution in [0, 0.1) is 0 Å². The van der Waals surface area contributed by atoms with E-state index in [9.17, 15) is 9.59 Å². The molecule has 0 aliphatic heterocycles. The predicted octanol–water partition coefficient (Wildman–Crippen LogP) is 2.05. The quantitative estimate of drug-likeness (QED) is 0.700. The molecule has 1 aromatic carbocycles. The lowest BCUT2D eigenvalue weighted by Crippen LogP contribution is -2.55. The first-order valence-corrected chi connectivity index (χ1v) is 8.79. The fraction of sp³-hybridized carbons (Fsp3) is 0.529. The third kappa shape index (κ3) is 4.95. The van der Waals surface area contributed by atoms with Crippen LogP contribution in [-0.4, -0.2) is 54.2 Å². The van der Waals surface area contributed by atoms with Gasteiger partial charge in [0.25, 0.3) is 0 Å². The van der Waals surface area contributed by atoms with E-state index < -0.39 is 5.97 Å². The van der Waals surface area contributed by atoms with E-state index in [1.807, 2.05) is 30.0 Å². The van der Waals surface area contributed by atoms with E-state index in [2.05, 4.69) is 21.2 Å². The van der Waals surface area contributed by atoms with Gasteiger partial charge in [-0.15, -0.1) is 0 Å². The van der Waals surface area contributed by atoms with E-state index in [1.165, 1.54) is 0 Å². The minimum Gasteiger partial charge on any atom is -0.496 e. The van der Waals surface area contributed by atoms with Crippen molar-refractivity contribution in [2.24, 2.45) is 0 Å². The van der Waals surface area contributed by atoms with Crippen LogP contribution in [0.2, 0.25) is 0 Å². The Kier molecular flexibility index (Phi) is 6.62. The maximum atomic E-state index is 12.2. The molecule has 7 heteroatoms. The lowest BCUT2D eigenvalue weighted by atomic mass is 9.85. The predicted molar refractivity (Wildman–Crippen MR) is 94.2 cm³/mol. The number of amides is 1. The highest BCUT2D eigenvalue weighted by atomic mass is 79.9. The van der Waals surface area contributed by atoms with Gasteiger partial charge >= 0.3 is 5.97 Å². The Hall–Kier alpha value is -1.60. The second-order valence-corrected chi connectivity index (χ2v) is 6.90. The summed E-state index contributed by atoms with van der Waals surface area (Å²) in [6, 6.07) is 5.93. The lowest BCUT2D eigenvalue weighted by Gasteiger charge is -2.42. The van der Waals surface area contributed by atoms with Crippen molar-refractivity contribution < 1.29 is 19.4 Å². The molecule has 0 saturated heterocycles. The summed E-state index contributed by atoms with van der Waals surface area (Å²) in [5.41, 5.74) is 0.835. The van der Waals surface area contributed by atoms with Crippen LogP contribution in [0.15, 0.2) is 22.7 Å². The number of hydrogen-bond donors (Lipinski definition) is 2. The van der Waals surface area contributed by atoms with E-state index in [1.54, 1.807) is 7.11 Å². The maximum Gasteiger partial charge on any atom is 0.317 e. The number of carbonyl (C=O) groups is 2. The summed E-state index contributed by atoms with van der Waals surface area (Å²) in [7, 11) is 1.59. The Morgan fingerprint density at radius 1 is 1.42 bits per heavy atom. The highest BCUT2D eigenvalue weighted by Crippen LogP contribution is 2.27. The van der Waals surface area contributed by atoms with Crippen LogP contribution in [-0.2, 0) is 16.0 Å². The number of hydrogen-bond acceptors (Lipinski definition) is 4. The second-order valence-electron chi connectivity index (χ2n) is 5.98. The molecule has 1 aliphatic carbocycles. The number of carboxylic acid groups (broad SMARTS) is 1. The molecule has 0 atom stereocenters. The van der Waals surface area contributed by atoms with Crippen molar-refractivity contribution >= 4 is 27.8 Å². The van der Waals surface area contributed by atoms with Gasteiger partial charge in [-0.3, -0.25) is 14.5 Å². The maximum absolute atomic E-state index is 12.2. The topological polar surface area (TPSA) is 78.9 Å². The summed E-state index contributed by atoms with van der Waals surface area (Å²) in [6.45, 7) is 2.71. The molecule has 0 heterocycles. The number of ether oxygens (including phenoxy) is 1. The van der Waals surface area contributed by atoms with Crippen molar-refractivity contribution in [2.75, 3.05) is 20.2 Å². The van der Waals surface area contributed by atoms with Crippen molar-refractivity contribution in [1.29, 1.82) is 0 Å². The number of methoxy groups -OCH3 is 1. The average molecular weight is 399 g/mol. The molecule has 6 nitrogen and oxygen atoms in total. The zero-order valence-corrected chi connectivity index (χ0v) is 15.5. The monoisotopic (exact) mass is 398 g/mol. The standard InChI is InChI=1S/C17H23BrN2O4/c1-3-20(10-17(22)23)14-8-13(9-14)19-16(21)7-11-6-12(18)4-5-15(11)24-2/h4-6,13-14H,3,7-10H2,1-2H3,(H,19,21)(H,22,23). The SMILES string of the molecule is CCN(CC(=O)O)C1CC(NC(=O)Cc2cc(Br)ccc2OC)C1. The number of rotatable bonds is 8. The Bertz CT molecular complexity index is 602. The first-order valence-electron chi connectivity index (χ1n) is 8.00. The van der Waals surface area contributed by atoms with Gasteiger partial charge in [-0.25, -0.2) is 0 Å². The third-order valence-electron chi connectivity index (χ3n) is 4.33. The van der Waals surface area contributed by atoms with E-state index in [0.29, 0.717) is 12.3 Å². The Labute approximate surface area is 150 Å². The highest BCUT2D eigenvalue weighted by Gasteiger charge is 2.34. The molecule has 0 unspecified atom stereocenters. The number of benzene rings is 1. The zero-order chi connectivity index (χ0) is 17.7. The van der Waals surface area contributed by atoms with Gasteiger partial charge in [-0.2, -0.15) is 0 Å². The first kappa shape index (κ1) is 18.7. The molecule has 0 aromatic heterocycles. The summed E-state index contributed by atoms with van der Waals surface area (Å²) >= 11 is 3.40. The van der Waals surface area contributed by atoms with E-state index in [0.717, 1.165) is 22.9 Å². The molecule has 1 saturated carbocycles. The molecule has 1 amide bonds. The Morgan fingerprint density at radius 3 is 2.71 bits per heavy atom. The van der Waals surface area contributed by atoms with Crippen LogP contribution in [0.5, 0.6) is 5.75 Å². The van der Waals surface area contributed by atoms with Gasteiger partial charge in [0.05, 0.1) is 20.1 Å². The molecule has 24 heavy (non-hydrogen) atoms. The molecular formula is C17H23BrN2O4. The fourth-order valence-corrected chi connectivity index (χ4v) is 3.42. The molecule has 2 N–H and O–H groups in total. The minimum atomic E-state index is -0.814. The zero-order valence-electron chi connectivity index (χ0n) is 13.9. The lowest BCUT2D eigenvalue weighted by molar-refractivity contribution is -0.139. The number of nitrogens with one attached hydrogen (secondary N) is 1. The van der Waals surface area contributed by atoms with Gasteiger partial charge in [0.15, 0.2) is 0 Å². The number of likely N-dealkylation sites (N-methyl/N-ethyl adjacent to an activating group) is 1. The number of carbonyl (C=O) groups excluding carboxylic acids is 1. The van der Waals surface area contributed by atoms with Crippen LogP contribution in [0.4, 0.5) is 0 Å². The van der Waals surface area contributed by atoms with Crippen LogP contribution < -0.4 is 10.1 Å². The van der Waals surface area contributed by atoms with Crippen molar-refractivity contribution in [1.82, 2.24) is 10.2 Å².